The molecule has 0 amide bonds. The molecule has 6 heteroatoms. The van der Waals surface area contributed by atoms with Gasteiger partial charge in [0.05, 0.1) is 52.9 Å². The third-order valence-electron chi connectivity index (χ3n) is 4.01. The quantitative estimate of drug-likeness (QED) is 0.224. The van der Waals surface area contributed by atoms with Crippen LogP contribution in [0.25, 0.3) is 0 Å². The summed E-state index contributed by atoms with van der Waals surface area (Å²) in [6, 6.07) is 0. The molecule has 0 aliphatic rings. The van der Waals surface area contributed by atoms with Crippen molar-refractivity contribution in [2.75, 3.05) is 66.1 Å². The van der Waals surface area contributed by atoms with E-state index in [9.17, 15) is 0 Å². The monoisotopic (exact) mass is 378 g/mol. The Labute approximate surface area is 160 Å². The van der Waals surface area contributed by atoms with E-state index in [1.54, 1.807) is 0 Å². The summed E-state index contributed by atoms with van der Waals surface area (Å²) in [6.07, 6.45) is 4.34. The van der Waals surface area contributed by atoms with Gasteiger partial charge in [-0.15, -0.1) is 0 Å². The second-order valence-electron chi connectivity index (χ2n) is 6.04. The fourth-order valence-corrected chi connectivity index (χ4v) is 2.49. The Balaban J connectivity index is 4.04. The summed E-state index contributed by atoms with van der Waals surface area (Å²) in [5.41, 5.74) is 0. The van der Waals surface area contributed by atoms with Crippen LogP contribution < -0.4 is 0 Å². The van der Waals surface area contributed by atoms with Crippen LogP contribution in [0.2, 0.25) is 0 Å². The number of rotatable bonds is 21. The van der Waals surface area contributed by atoms with E-state index in [1.807, 2.05) is 13.8 Å². The Morgan fingerprint density at radius 2 is 1.04 bits per heavy atom. The van der Waals surface area contributed by atoms with Crippen molar-refractivity contribution in [2.45, 2.75) is 59.7 Å². The summed E-state index contributed by atoms with van der Waals surface area (Å²) >= 11 is 0. The van der Waals surface area contributed by atoms with Crippen LogP contribution in [0.3, 0.4) is 0 Å². The lowest BCUT2D eigenvalue weighted by molar-refractivity contribution is -0.187. The smallest absolute Gasteiger partial charge is 0.160 e. The molecule has 1 unspecified atom stereocenters. The molecule has 158 valence electrons. The average molecular weight is 379 g/mol. The molecule has 0 bridgehead atoms. The standard InChI is InChI=1S/C20H42O6/c1-5-9-10-19(6-2)20(25-17-15-23-13-11-21-7-3)26-18-16-24-14-12-22-8-4/h19-20H,5-18H2,1-4H3. The van der Waals surface area contributed by atoms with Crippen molar-refractivity contribution in [3.63, 3.8) is 0 Å². The molecular formula is C20H42O6. The molecule has 0 aromatic rings. The number of hydrogen-bond acceptors (Lipinski definition) is 6. The van der Waals surface area contributed by atoms with Gasteiger partial charge < -0.3 is 28.4 Å². The van der Waals surface area contributed by atoms with Crippen LogP contribution in [0.4, 0.5) is 0 Å². The van der Waals surface area contributed by atoms with Crippen molar-refractivity contribution in [3.8, 4) is 0 Å². The van der Waals surface area contributed by atoms with Crippen molar-refractivity contribution in [3.05, 3.63) is 0 Å². The van der Waals surface area contributed by atoms with Gasteiger partial charge in [-0.2, -0.15) is 0 Å². The summed E-state index contributed by atoms with van der Waals surface area (Å²) in [5.74, 6) is 0.404. The number of ether oxygens (including phenoxy) is 6. The van der Waals surface area contributed by atoms with Crippen molar-refractivity contribution in [2.24, 2.45) is 5.92 Å². The van der Waals surface area contributed by atoms with E-state index in [4.69, 9.17) is 28.4 Å². The second kappa shape index (κ2) is 21.1. The van der Waals surface area contributed by atoms with E-state index in [1.165, 1.54) is 12.8 Å². The van der Waals surface area contributed by atoms with Crippen molar-refractivity contribution in [1.82, 2.24) is 0 Å². The van der Waals surface area contributed by atoms with Crippen LogP contribution in [0.5, 0.6) is 0 Å². The first-order chi connectivity index (χ1) is 12.8. The fraction of sp³-hybridized carbons (Fsp3) is 1.00. The van der Waals surface area contributed by atoms with E-state index in [2.05, 4.69) is 13.8 Å². The lowest BCUT2D eigenvalue weighted by Gasteiger charge is -2.26. The predicted molar refractivity (Wildman–Crippen MR) is 104 cm³/mol. The summed E-state index contributed by atoms with van der Waals surface area (Å²) in [6.45, 7) is 14.4. The van der Waals surface area contributed by atoms with Gasteiger partial charge in [0, 0.05) is 19.1 Å². The average Bonchev–Trinajstić information content (AvgIpc) is 2.66. The largest absolute Gasteiger partial charge is 0.379 e. The number of hydrogen-bond donors (Lipinski definition) is 0. The van der Waals surface area contributed by atoms with Crippen LogP contribution >= 0.6 is 0 Å². The van der Waals surface area contributed by atoms with Gasteiger partial charge in [-0.25, -0.2) is 0 Å². The van der Waals surface area contributed by atoms with Gasteiger partial charge in [0.1, 0.15) is 0 Å². The summed E-state index contributed by atoms with van der Waals surface area (Å²) < 4.78 is 33.5. The van der Waals surface area contributed by atoms with Gasteiger partial charge in [-0.05, 0) is 26.7 Å². The minimum Gasteiger partial charge on any atom is -0.379 e. The predicted octanol–water partition coefficient (Wildman–Crippen LogP) is 3.67. The van der Waals surface area contributed by atoms with Gasteiger partial charge in [-0.1, -0.05) is 26.7 Å². The van der Waals surface area contributed by atoms with Gasteiger partial charge in [0.2, 0.25) is 0 Å². The highest BCUT2D eigenvalue weighted by molar-refractivity contribution is 4.62. The van der Waals surface area contributed by atoms with Gasteiger partial charge in [-0.3, -0.25) is 0 Å². The Morgan fingerprint density at radius 1 is 0.577 bits per heavy atom. The molecule has 0 aliphatic heterocycles. The zero-order chi connectivity index (χ0) is 19.3. The van der Waals surface area contributed by atoms with Crippen molar-refractivity contribution >= 4 is 0 Å². The van der Waals surface area contributed by atoms with Crippen molar-refractivity contribution < 1.29 is 28.4 Å². The maximum atomic E-state index is 5.98. The second-order valence-corrected chi connectivity index (χ2v) is 6.04. The molecule has 0 saturated carbocycles. The normalized spacial score (nSPS) is 12.8. The van der Waals surface area contributed by atoms with Crippen molar-refractivity contribution in [1.29, 1.82) is 0 Å². The highest BCUT2D eigenvalue weighted by atomic mass is 16.7. The molecule has 0 aromatic heterocycles. The molecular weight excluding hydrogens is 336 g/mol. The molecule has 0 aromatic carbocycles. The molecule has 26 heavy (non-hydrogen) atoms. The van der Waals surface area contributed by atoms with E-state index in [0.29, 0.717) is 58.8 Å². The molecule has 0 radical (unpaired) electrons. The van der Waals surface area contributed by atoms with Gasteiger partial charge in [0.15, 0.2) is 6.29 Å². The molecule has 0 fully saturated rings. The van der Waals surface area contributed by atoms with Crippen LogP contribution in [-0.4, -0.2) is 72.4 Å². The van der Waals surface area contributed by atoms with Crippen LogP contribution in [-0.2, 0) is 28.4 Å². The SMILES string of the molecule is CCCCC(CC)C(OCCOCCOCC)OCCOCCOCC. The topological polar surface area (TPSA) is 55.4 Å². The van der Waals surface area contributed by atoms with Crippen LogP contribution in [0.15, 0.2) is 0 Å². The first-order valence-electron chi connectivity index (χ1n) is 10.3. The zero-order valence-electron chi connectivity index (χ0n) is 17.5. The Morgan fingerprint density at radius 3 is 1.46 bits per heavy atom. The minimum atomic E-state index is -0.197. The molecule has 0 N–H and O–H groups in total. The molecule has 0 aliphatic carbocycles. The Kier molecular flexibility index (Phi) is 20.9. The molecule has 0 heterocycles. The molecule has 0 saturated heterocycles. The van der Waals surface area contributed by atoms with E-state index in [-0.39, 0.29) is 6.29 Å². The minimum absolute atomic E-state index is 0.197. The summed E-state index contributed by atoms with van der Waals surface area (Å²) in [7, 11) is 0. The first kappa shape index (κ1) is 25.8. The molecule has 0 rings (SSSR count). The summed E-state index contributed by atoms with van der Waals surface area (Å²) in [4.78, 5) is 0. The third kappa shape index (κ3) is 16.0. The maximum absolute atomic E-state index is 5.98. The lowest BCUT2D eigenvalue weighted by atomic mass is 9.99. The lowest BCUT2D eigenvalue weighted by Crippen LogP contribution is -2.30. The highest BCUT2D eigenvalue weighted by Crippen LogP contribution is 2.20. The Bertz CT molecular complexity index is 247. The number of unbranched alkanes of at least 4 members (excludes halogenated alkanes) is 1. The Hall–Kier alpha value is -0.240. The maximum Gasteiger partial charge on any atom is 0.160 e. The molecule has 1 atom stereocenters. The van der Waals surface area contributed by atoms with E-state index < -0.39 is 0 Å². The van der Waals surface area contributed by atoms with Gasteiger partial charge in [0.25, 0.3) is 0 Å². The third-order valence-corrected chi connectivity index (χ3v) is 4.01. The fourth-order valence-electron chi connectivity index (χ4n) is 2.49. The highest BCUT2D eigenvalue weighted by Gasteiger charge is 2.21. The van der Waals surface area contributed by atoms with Crippen LogP contribution in [0.1, 0.15) is 53.4 Å². The molecule has 6 nitrogen and oxygen atoms in total. The van der Waals surface area contributed by atoms with E-state index in [0.717, 1.165) is 26.1 Å². The zero-order valence-corrected chi connectivity index (χ0v) is 17.5. The van der Waals surface area contributed by atoms with Gasteiger partial charge >= 0.3 is 0 Å². The summed E-state index contributed by atoms with van der Waals surface area (Å²) in [5, 5.41) is 0. The first-order valence-corrected chi connectivity index (χ1v) is 10.3. The molecule has 0 spiro atoms. The van der Waals surface area contributed by atoms with E-state index >= 15 is 0 Å². The van der Waals surface area contributed by atoms with Crippen LogP contribution in [0, 0.1) is 5.92 Å².